The fraction of sp³-hybridized carbons (Fsp3) is 0.429. The second kappa shape index (κ2) is 6.87. The first kappa shape index (κ1) is 16.1. The first-order valence-electron chi connectivity index (χ1n) is 9.30. The van der Waals surface area contributed by atoms with Gasteiger partial charge in [0.1, 0.15) is 5.82 Å². The maximum Gasteiger partial charge on any atom is 0.251 e. The lowest BCUT2D eigenvalue weighted by molar-refractivity contribution is -0.113. The summed E-state index contributed by atoms with van der Waals surface area (Å²) >= 11 is 0. The zero-order valence-electron chi connectivity index (χ0n) is 14.4. The SMILES string of the molecule is Nc1ncccc1NC(=O)C1=CC2CCCC3C=CC=CC3C2CC1. The molecule has 1 fully saturated rings. The molecule has 1 aromatic heterocycles. The minimum absolute atomic E-state index is 0.0296. The number of aromatic nitrogens is 1. The average Bonchev–Trinajstić information content (AvgIpc) is 2.82. The molecule has 0 aromatic carbocycles. The van der Waals surface area contributed by atoms with Gasteiger partial charge in [-0.05, 0) is 61.5 Å². The van der Waals surface area contributed by atoms with Crippen LogP contribution in [0.15, 0.2) is 54.3 Å². The van der Waals surface area contributed by atoms with E-state index in [2.05, 4.69) is 40.7 Å². The summed E-state index contributed by atoms with van der Waals surface area (Å²) in [7, 11) is 0. The number of nitrogens with one attached hydrogen (secondary N) is 1. The van der Waals surface area contributed by atoms with Gasteiger partial charge < -0.3 is 11.1 Å². The van der Waals surface area contributed by atoms with E-state index in [1.165, 1.54) is 19.3 Å². The molecule has 0 bridgehead atoms. The molecule has 4 nitrogen and oxygen atoms in total. The first-order chi connectivity index (χ1) is 12.2. The van der Waals surface area contributed by atoms with Crippen LogP contribution in [0.4, 0.5) is 11.5 Å². The Balaban J connectivity index is 1.51. The van der Waals surface area contributed by atoms with Crippen LogP contribution in [-0.4, -0.2) is 10.9 Å². The van der Waals surface area contributed by atoms with E-state index >= 15 is 0 Å². The molecule has 3 aliphatic rings. The molecular weight excluding hydrogens is 310 g/mol. The van der Waals surface area contributed by atoms with Crippen molar-refractivity contribution in [2.45, 2.75) is 32.1 Å². The summed E-state index contributed by atoms with van der Waals surface area (Å²) < 4.78 is 0. The molecule has 1 saturated carbocycles. The number of allylic oxidation sites excluding steroid dienone is 5. The second-order valence-electron chi connectivity index (χ2n) is 7.39. The number of fused-ring (bicyclic) bond motifs is 3. The van der Waals surface area contributed by atoms with Gasteiger partial charge in [-0.2, -0.15) is 0 Å². The Kier molecular flexibility index (Phi) is 4.43. The summed E-state index contributed by atoms with van der Waals surface area (Å²) in [5, 5.41) is 2.93. The molecule has 0 aliphatic heterocycles. The van der Waals surface area contributed by atoms with Gasteiger partial charge in [-0.1, -0.05) is 36.8 Å². The summed E-state index contributed by atoms with van der Waals surface area (Å²) in [4.78, 5) is 16.7. The van der Waals surface area contributed by atoms with Gasteiger partial charge in [0.25, 0.3) is 5.91 Å². The van der Waals surface area contributed by atoms with Gasteiger partial charge in [-0.15, -0.1) is 0 Å². The summed E-state index contributed by atoms with van der Waals surface area (Å²) in [6, 6.07) is 3.58. The van der Waals surface area contributed by atoms with Gasteiger partial charge >= 0.3 is 0 Å². The zero-order chi connectivity index (χ0) is 17.2. The lowest BCUT2D eigenvalue weighted by atomic mass is 9.69. The molecule has 3 N–H and O–H groups in total. The molecule has 4 atom stereocenters. The lowest BCUT2D eigenvalue weighted by Gasteiger charge is -2.36. The van der Waals surface area contributed by atoms with Crippen molar-refractivity contribution in [1.82, 2.24) is 4.98 Å². The standard InChI is InChI=1S/C21H25N3O/c22-20-19(9-4-12-23-20)24-21(25)16-10-11-18-15(13-16)7-3-6-14-5-1-2-8-17(14)18/h1-2,4-5,8-9,12-15,17-18H,3,6-7,10-11H2,(H2,22,23)(H,24,25). The van der Waals surface area contributed by atoms with E-state index in [0.29, 0.717) is 35.2 Å². The zero-order valence-corrected chi connectivity index (χ0v) is 14.4. The highest BCUT2D eigenvalue weighted by atomic mass is 16.1. The predicted molar refractivity (Wildman–Crippen MR) is 101 cm³/mol. The van der Waals surface area contributed by atoms with Crippen molar-refractivity contribution in [3.63, 3.8) is 0 Å². The van der Waals surface area contributed by atoms with Crippen LogP contribution in [0.1, 0.15) is 32.1 Å². The molecule has 0 radical (unpaired) electrons. The lowest BCUT2D eigenvalue weighted by Crippen LogP contribution is -2.29. The van der Waals surface area contributed by atoms with E-state index in [0.717, 1.165) is 18.4 Å². The molecule has 0 saturated heterocycles. The molecule has 0 spiro atoms. The Morgan fingerprint density at radius 1 is 1.16 bits per heavy atom. The Labute approximate surface area is 148 Å². The fourth-order valence-electron chi connectivity index (χ4n) is 4.70. The summed E-state index contributed by atoms with van der Waals surface area (Å²) in [5.41, 5.74) is 7.33. The highest BCUT2D eigenvalue weighted by Gasteiger charge is 2.37. The Morgan fingerprint density at radius 2 is 2.00 bits per heavy atom. The van der Waals surface area contributed by atoms with Gasteiger partial charge in [0.15, 0.2) is 0 Å². The number of nitrogen functional groups attached to an aromatic ring is 1. The van der Waals surface area contributed by atoms with E-state index in [1.807, 2.05) is 0 Å². The van der Waals surface area contributed by atoms with Crippen LogP contribution in [-0.2, 0) is 4.79 Å². The van der Waals surface area contributed by atoms with Crippen LogP contribution < -0.4 is 11.1 Å². The number of nitrogens with zero attached hydrogens (tertiary/aromatic N) is 1. The smallest absolute Gasteiger partial charge is 0.251 e. The van der Waals surface area contributed by atoms with Gasteiger partial charge in [0.05, 0.1) is 5.69 Å². The maximum absolute atomic E-state index is 12.7. The van der Waals surface area contributed by atoms with Crippen LogP contribution >= 0.6 is 0 Å². The fourth-order valence-corrected chi connectivity index (χ4v) is 4.70. The molecule has 25 heavy (non-hydrogen) atoms. The maximum atomic E-state index is 12.7. The van der Waals surface area contributed by atoms with Crippen molar-refractivity contribution < 1.29 is 4.79 Å². The molecule has 4 unspecified atom stereocenters. The number of anilines is 2. The van der Waals surface area contributed by atoms with Crippen LogP contribution in [0, 0.1) is 23.7 Å². The Morgan fingerprint density at radius 3 is 2.88 bits per heavy atom. The highest BCUT2D eigenvalue weighted by Crippen LogP contribution is 2.45. The predicted octanol–water partition coefficient (Wildman–Crippen LogP) is 4.10. The van der Waals surface area contributed by atoms with Crippen molar-refractivity contribution in [3.8, 4) is 0 Å². The molecule has 1 amide bonds. The van der Waals surface area contributed by atoms with E-state index in [1.54, 1.807) is 18.3 Å². The number of pyridine rings is 1. The summed E-state index contributed by atoms with van der Waals surface area (Å²) in [6.07, 6.45) is 18.6. The topological polar surface area (TPSA) is 68.0 Å². The third-order valence-electron chi connectivity index (χ3n) is 5.96. The second-order valence-corrected chi connectivity index (χ2v) is 7.39. The minimum Gasteiger partial charge on any atom is -0.382 e. The molecular formula is C21H25N3O. The number of hydrogen-bond donors (Lipinski definition) is 2. The number of amides is 1. The Bertz CT molecular complexity index is 749. The molecule has 130 valence electrons. The number of nitrogens with two attached hydrogens (primary N) is 1. The third-order valence-corrected chi connectivity index (χ3v) is 5.96. The molecule has 1 aromatic rings. The van der Waals surface area contributed by atoms with E-state index in [-0.39, 0.29) is 5.91 Å². The van der Waals surface area contributed by atoms with Crippen molar-refractivity contribution in [2.24, 2.45) is 23.7 Å². The quantitative estimate of drug-likeness (QED) is 0.855. The Hall–Kier alpha value is -2.36. The third kappa shape index (κ3) is 3.26. The van der Waals surface area contributed by atoms with Crippen molar-refractivity contribution in [1.29, 1.82) is 0 Å². The molecule has 1 heterocycles. The average molecular weight is 335 g/mol. The summed E-state index contributed by atoms with van der Waals surface area (Å²) in [6.45, 7) is 0. The molecule has 4 rings (SSSR count). The van der Waals surface area contributed by atoms with Crippen molar-refractivity contribution in [3.05, 3.63) is 54.3 Å². The largest absolute Gasteiger partial charge is 0.382 e. The van der Waals surface area contributed by atoms with Crippen LogP contribution in [0.25, 0.3) is 0 Å². The summed E-state index contributed by atoms with van der Waals surface area (Å²) in [5.74, 6) is 2.81. The van der Waals surface area contributed by atoms with Gasteiger partial charge in [0, 0.05) is 11.8 Å². The van der Waals surface area contributed by atoms with E-state index in [9.17, 15) is 4.79 Å². The number of hydrogen-bond acceptors (Lipinski definition) is 3. The van der Waals surface area contributed by atoms with Crippen LogP contribution in [0.5, 0.6) is 0 Å². The van der Waals surface area contributed by atoms with E-state index in [4.69, 9.17) is 5.73 Å². The number of rotatable bonds is 2. The highest BCUT2D eigenvalue weighted by molar-refractivity contribution is 6.05. The van der Waals surface area contributed by atoms with Crippen LogP contribution in [0.2, 0.25) is 0 Å². The van der Waals surface area contributed by atoms with Crippen LogP contribution in [0.3, 0.4) is 0 Å². The molecule has 3 aliphatic carbocycles. The minimum atomic E-state index is -0.0296. The van der Waals surface area contributed by atoms with E-state index < -0.39 is 0 Å². The van der Waals surface area contributed by atoms with Gasteiger partial charge in [-0.25, -0.2) is 4.98 Å². The monoisotopic (exact) mass is 335 g/mol. The number of carbonyl (C=O) groups is 1. The molecule has 4 heteroatoms. The van der Waals surface area contributed by atoms with Crippen molar-refractivity contribution in [2.75, 3.05) is 11.1 Å². The van der Waals surface area contributed by atoms with Crippen molar-refractivity contribution >= 4 is 17.4 Å². The van der Waals surface area contributed by atoms with Gasteiger partial charge in [0.2, 0.25) is 0 Å². The first-order valence-corrected chi connectivity index (χ1v) is 9.30. The normalized spacial score (nSPS) is 30.6. The van der Waals surface area contributed by atoms with Gasteiger partial charge in [-0.3, -0.25) is 4.79 Å². The number of carbonyl (C=O) groups excluding carboxylic acids is 1.